The van der Waals surface area contributed by atoms with Crippen LogP contribution < -0.4 is 5.32 Å². The number of benzene rings is 1. The fourth-order valence-electron chi connectivity index (χ4n) is 1.91. The molecule has 0 aliphatic carbocycles. The first-order chi connectivity index (χ1) is 8.82. The largest absolute Gasteiger partial charge is 0.386 e. The van der Waals surface area contributed by atoms with Crippen LogP contribution in [0.25, 0.3) is 0 Å². The summed E-state index contributed by atoms with van der Waals surface area (Å²) in [5.41, 5.74) is -0.311. The second-order valence-corrected chi connectivity index (χ2v) is 6.01. The van der Waals surface area contributed by atoms with Crippen LogP contribution in [0, 0.1) is 5.92 Å². The quantitative estimate of drug-likeness (QED) is 0.881. The van der Waals surface area contributed by atoms with Gasteiger partial charge in [0.05, 0.1) is 23.8 Å². The van der Waals surface area contributed by atoms with Crippen molar-refractivity contribution in [2.75, 3.05) is 18.4 Å². The number of urea groups is 1. The third-order valence-electron chi connectivity index (χ3n) is 3.46. The average molecular weight is 303 g/mol. The molecular weight excluding hydrogens is 287 g/mol. The van der Waals surface area contributed by atoms with Crippen LogP contribution in [-0.4, -0.2) is 34.7 Å². The minimum absolute atomic E-state index is 0.117. The molecule has 104 valence electrons. The van der Waals surface area contributed by atoms with Gasteiger partial charge in [0, 0.05) is 5.02 Å². The van der Waals surface area contributed by atoms with Crippen molar-refractivity contribution in [1.82, 2.24) is 4.90 Å². The van der Waals surface area contributed by atoms with Gasteiger partial charge in [-0.1, -0.05) is 37.0 Å². The highest BCUT2D eigenvalue weighted by Crippen LogP contribution is 2.30. The Hall–Kier alpha value is -0.970. The first-order valence-electron chi connectivity index (χ1n) is 6.05. The molecule has 1 fully saturated rings. The van der Waals surface area contributed by atoms with Gasteiger partial charge in [-0.25, -0.2) is 4.79 Å². The van der Waals surface area contributed by atoms with Crippen molar-refractivity contribution in [3.63, 3.8) is 0 Å². The first-order valence-corrected chi connectivity index (χ1v) is 6.81. The number of halogens is 2. The van der Waals surface area contributed by atoms with Crippen molar-refractivity contribution in [3.05, 3.63) is 28.2 Å². The minimum Gasteiger partial charge on any atom is -0.386 e. The number of carbonyl (C=O) groups is 1. The predicted octanol–water partition coefficient (Wildman–Crippen LogP) is 3.23. The highest BCUT2D eigenvalue weighted by Gasteiger charge is 2.45. The highest BCUT2D eigenvalue weighted by molar-refractivity contribution is 6.35. The summed E-state index contributed by atoms with van der Waals surface area (Å²) in [6, 6.07) is 4.59. The van der Waals surface area contributed by atoms with E-state index in [1.807, 2.05) is 13.8 Å². The molecule has 0 atom stereocenters. The molecule has 4 nitrogen and oxygen atoms in total. The standard InChI is InChI=1S/C13H16Cl2N2O2/c1-8(2)13(19)6-17(7-13)12(18)16-11-5-9(14)3-4-10(11)15/h3-5,8,19H,6-7H2,1-2H3,(H,16,18). The lowest BCUT2D eigenvalue weighted by atomic mass is 9.83. The van der Waals surface area contributed by atoms with Gasteiger partial charge >= 0.3 is 6.03 Å². The van der Waals surface area contributed by atoms with Crippen LogP contribution in [0.3, 0.4) is 0 Å². The summed E-state index contributed by atoms with van der Waals surface area (Å²) < 4.78 is 0. The van der Waals surface area contributed by atoms with E-state index >= 15 is 0 Å². The molecule has 1 aromatic carbocycles. The highest BCUT2D eigenvalue weighted by atomic mass is 35.5. The van der Waals surface area contributed by atoms with E-state index in [1.165, 1.54) is 4.90 Å². The fourth-order valence-corrected chi connectivity index (χ4v) is 2.25. The minimum atomic E-state index is -0.782. The lowest BCUT2D eigenvalue weighted by Gasteiger charge is -2.48. The summed E-state index contributed by atoms with van der Waals surface area (Å²) in [6.07, 6.45) is 0. The summed E-state index contributed by atoms with van der Waals surface area (Å²) in [4.78, 5) is 13.5. The average Bonchev–Trinajstić information content (AvgIpc) is 2.29. The van der Waals surface area contributed by atoms with E-state index in [-0.39, 0.29) is 11.9 Å². The maximum atomic E-state index is 12.0. The predicted molar refractivity (Wildman–Crippen MR) is 76.8 cm³/mol. The van der Waals surface area contributed by atoms with Crippen LogP contribution in [0.15, 0.2) is 18.2 Å². The van der Waals surface area contributed by atoms with Gasteiger partial charge in [-0.15, -0.1) is 0 Å². The Morgan fingerprint density at radius 1 is 1.42 bits per heavy atom. The van der Waals surface area contributed by atoms with Crippen molar-refractivity contribution in [1.29, 1.82) is 0 Å². The van der Waals surface area contributed by atoms with Gasteiger partial charge in [0.15, 0.2) is 0 Å². The number of rotatable bonds is 2. The van der Waals surface area contributed by atoms with Crippen LogP contribution in [-0.2, 0) is 0 Å². The van der Waals surface area contributed by atoms with Crippen molar-refractivity contribution < 1.29 is 9.90 Å². The van der Waals surface area contributed by atoms with Crippen molar-refractivity contribution in [3.8, 4) is 0 Å². The zero-order valence-electron chi connectivity index (χ0n) is 10.8. The summed E-state index contributed by atoms with van der Waals surface area (Å²) >= 11 is 11.8. The number of aliphatic hydroxyl groups is 1. The Morgan fingerprint density at radius 3 is 2.63 bits per heavy atom. The van der Waals surface area contributed by atoms with Crippen LogP contribution in [0.2, 0.25) is 10.0 Å². The Balaban J connectivity index is 1.98. The summed E-state index contributed by atoms with van der Waals surface area (Å²) in [7, 11) is 0. The Kier molecular flexibility index (Phi) is 3.95. The second-order valence-electron chi connectivity index (χ2n) is 5.17. The summed E-state index contributed by atoms with van der Waals surface area (Å²) in [6.45, 7) is 4.52. The van der Waals surface area contributed by atoms with E-state index < -0.39 is 5.60 Å². The van der Waals surface area contributed by atoms with Crippen molar-refractivity contribution >= 4 is 34.9 Å². The van der Waals surface area contributed by atoms with E-state index in [1.54, 1.807) is 18.2 Å². The zero-order valence-corrected chi connectivity index (χ0v) is 12.3. The molecule has 1 saturated heterocycles. The monoisotopic (exact) mass is 302 g/mol. The number of nitrogens with zero attached hydrogens (tertiary/aromatic N) is 1. The van der Waals surface area contributed by atoms with E-state index in [9.17, 15) is 9.90 Å². The molecule has 0 saturated carbocycles. The molecule has 19 heavy (non-hydrogen) atoms. The van der Waals surface area contributed by atoms with Crippen molar-refractivity contribution in [2.45, 2.75) is 19.4 Å². The van der Waals surface area contributed by atoms with Crippen LogP contribution in [0.4, 0.5) is 10.5 Å². The van der Waals surface area contributed by atoms with Crippen LogP contribution in [0.5, 0.6) is 0 Å². The number of anilines is 1. The van der Waals surface area contributed by atoms with Gasteiger partial charge in [0.2, 0.25) is 0 Å². The second kappa shape index (κ2) is 5.19. The lowest BCUT2D eigenvalue weighted by Crippen LogP contribution is -2.66. The molecule has 2 N–H and O–H groups in total. The Labute approximate surface area is 122 Å². The third-order valence-corrected chi connectivity index (χ3v) is 4.03. The molecule has 0 bridgehead atoms. The molecule has 2 amide bonds. The molecule has 1 aliphatic heterocycles. The van der Waals surface area contributed by atoms with Gasteiger partial charge < -0.3 is 15.3 Å². The number of hydrogen-bond donors (Lipinski definition) is 2. The summed E-state index contributed by atoms with van der Waals surface area (Å²) in [5.74, 6) is 0.117. The number of hydrogen-bond acceptors (Lipinski definition) is 2. The van der Waals surface area contributed by atoms with E-state index in [2.05, 4.69) is 5.32 Å². The van der Waals surface area contributed by atoms with E-state index in [0.29, 0.717) is 28.8 Å². The van der Waals surface area contributed by atoms with Gasteiger partial charge in [-0.2, -0.15) is 0 Å². The van der Waals surface area contributed by atoms with E-state index in [0.717, 1.165) is 0 Å². The molecule has 0 spiro atoms. The molecule has 2 rings (SSSR count). The molecule has 6 heteroatoms. The number of amides is 2. The Bertz CT molecular complexity index is 499. The smallest absolute Gasteiger partial charge is 0.322 e. The SMILES string of the molecule is CC(C)C1(O)CN(C(=O)Nc2cc(Cl)ccc2Cl)C1. The van der Waals surface area contributed by atoms with Gasteiger partial charge in [-0.05, 0) is 24.1 Å². The number of carbonyl (C=O) groups excluding carboxylic acids is 1. The maximum Gasteiger partial charge on any atom is 0.322 e. The molecule has 1 aromatic rings. The first kappa shape index (κ1) is 14.4. The molecule has 0 aromatic heterocycles. The topological polar surface area (TPSA) is 52.6 Å². The molecule has 1 heterocycles. The van der Waals surface area contributed by atoms with E-state index in [4.69, 9.17) is 23.2 Å². The van der Waals surface area contributed by atoms with Gasteiger partial charge in [-0.3, -0.25) is 0 Å². The third kappa shape index (κ3) is 2.96. The number of β-amino-alcohol motifs (C(OH)–C–C–N with tert-alkyl or cyclic N) is 1. The molecule has 1 aliphatic rings. The van der Waals surface area contributed by atoms with Gasteiger partial charge in [0.25, 0.3) is 0 Å². The zero-order chi connectivity index (χ0) is 14.2. The normalized spacial score (nSPS) is 17.3. The Morgan fingerprint density at radius 2 is 2.05 bits per heavy atom. The van der Waals surface area contributed by atoms with Gasteiger partial charge in [0.1, 0.15) is 5.60 Å². The lowest BCUT2D eigenvalue weighted by molar-refractivity contribution is -0.105. The maximum absolute atomic E-state index is 12.0. The molecule has 0 radical (unpaired) electrons. The molecular formula is C13H16Cl2N2O2. The summed E-state index contributed by atoms with van der Waals surface area (Å²) in [5, 5.41) is 13.7. The van der Waals surface area contributed by atoms with Crippen molar-refractivity contribution in [2.24, 2.45) is 5.92 Å². The number of likely N-dealkylation sites (tertiary alicyclic amines) is 1. The molecule has 0 unspecified atom stereocenters. The number of nitrogens with one attached hydrogen (secondary N) is 1. The van der Waals surface area contributed by atoms with Crippen LogP contribution in [0.1, 0.15) is 13.8 Å². The van der Waals surface area contributed by atoms with Crippen LogP contribution >= 0.6 is 23.2 Å². The fraction of sp³-hybridized carbons (Fsp3) is 0.462.